The van der Waals surface area contributed by atoms with Crippen molar-refractivity contribution in [2.75, 3.05) is 62.2 Å². The van der Waals surface area contributed by atoms with Crippen LogP contribution in [0.2, 0.25) is 0 Å². The fourth-order valence-electron chi connectivity index (χ4n) is 6.62. The second kappa shape index (κ2) is 12.2. The number of likely N-dealkylation sites (tertiary alicyclic amines) is 1. The average molecular weight is 547 g/mol. The summed E-state index contributed by atoms with van der Waals surface area (Å²) in [6.45, 7) is 10.0. The first-order valence-corrected chi connectivity index (χ1v) is 15.9. The van der Waals surface area contributed by atoms with Crippen LogP contribution in [0.25, 0.3) is 10.9 Å². The molecule has 3 aliphatic rings. The van der Waals surface area contributed by atoms with Crippen LogP contribution in [-0.2, 0) is 4.79 Å². The Bertz CT molecular complexity index is 1260. The van der Waals surface area contributed by atoms with Crippen LogP contribution in [0.4, 0.5) is 10.8 Å². The van der Waals surface area contributed by atoms with Crippen molar-refractivity contribution in [1.82, 2.24) is 19.8 Å². The molecule has 3 saturated heterocycles. The molecular weight excluding hydrogens is 504 g/mol. The Morgan fingerprint density at radius 1 is 0.872 bits per heavy atom. The number of rotatable bonds is 6. The average Bonchev–Trinajstić information content (AvgIpc) is 3.53. The van der Waals surface area contributed by atoms with Gasteiger partial charge in [0.1, 0.15) is 0 Å². The van der Waals surface area contributed by atoms with Crippen LogP contribution in [0.15, 0.2) is 35.8 Å². The molecule has 7 nitrogen and oxygen atoms in total. The highest BCUT2D eigenvalue weighted by Gasteiger charge is 2.31. The molecule has 2 aromatic heterocycles. The van der Waals surface area contributed by atoms with Crippen molar-refractivity contribution in [3.8, 4) is 0 Å². The highest BCUT2D eigenvalue weighted by atomic mass is 32.1. The molecule has 6 rings (SSSR count). The van der Waals surface area contributed by atoms with E-state index in [1.165, 1.54) is 42.3 Å². The van der Waals surface area contributed by atoms with Gasteiger partial charge in [0.25, 0.3) is 0 Å². The number of hydrogen-bond donors (Lipinski definition) is 0. The van der Waals surface area contributed by atoms with Gasteiger partial charge in [-0.2, -0.15) is 0 Å². The lowest BCUT2D eigenvalue weighted by atomic mass is 10.1. The van der Waals surface area contributed by atoms with Crippen molar-refractivity contribution < 1.29 is 4.79 Å². The molecular formula is C31H42N6OS. The Hall–Kier alpha value is -2.71. The number of thiazole rings is 1. The van der Waals surface area contributed by atoms with E-state index in [2.05, 4.69) is 50.1 Å². The monoisotopic (exact) mass is 546 g/mol. The van der Waals surface area contributed by atoms with E-state index in [9.17, 15) is 4.79 Å². The van der Waals surface area contributed by atoms with Crippen LogP contribution >= 0.6 is 11.3 Å². The normalized spacial score (nSPS) is 20.3. The van der Waals surface area contributed by atoms with Gasteiger partial charge in [0.15, 0.2) is 5.13 Å². The minimum absolute atomic E-state index is 0.0294. The fourth-order valence-corrected chi connectivity index (χ4v) is 7.55. The van der Waals surface area contributed by atoms with E-state index in [1.807, 2.05) is 12.3 Å². The van der Waals surface area contributed by atoms with Gasteiger partial charge >= 0.3 is 0 Å². The summed E-state index contributed by atoms with van der Waals surface area (Å²) in [5.41, 5.74) is 4.71. The van der Waals surface area contributed by atoms with Crippen LogP contribution in [0.3, 0.4) is 0 Å². The highest BCUT2D eigenvalue weighted by molar-refractivity contribution is 7.13. The van der Waals surface area contributed by atoms with Crippen molar-refractivity contribution >= 4 is 39.0 Å². The molecule has 1 atom stereocenters. The van der Waals surface area contributed by atoms with Crippen LogP contribution < -0.4 is 9.80 Å². The van der Waals surface area contributed by atoms with Crippen molar-refractivity contribution in [3.05, 3.63) is 47.1 Å². The van der Waals surface area contributed by atoms with Crippen molar-refractivity contribution in [3.63, 3.8) is 0 Å². The molecule has 0 N–H and O–H groups in total. The minimum Gasteiger partial charge on any atom is -0.368 e. The molecule has 1 aromatic carbocycles. The molecule has 0 aliphatic carbocycles. The van der Waals surface area contributed by atoms with E-state index >= 15 is 0 Å². The topological polar surface area (TPSA) is 55.8 Å². The number of anilines is 2. The second-order valence-electron chi connectivity index (χ2n) is 11.4. The Balaban J connectivity index is 1.24. The van der Waals surface area contributed by atoms with Gasteiger partial charge in [0.2, 0.25) is 5.91 Å². The molecule has 0 spiro atoms. The summed E-state index contributed by atoms with van der Waals surface area (Å²) in [5, 5.41) is 4.57. The van der Waals surface area contributed by atoms with Gasteiger partial charge in [-0.25, -0.2) is 4.98 Å². The maximum atomic E-state index is 13.4. The molecule has 1 amide bonds. The smallest absolute Gasteiger partial charge is 0.224 e. The maximum Gasteiger partial charge on any atom is 0.224 e. The van der Waals surface area contributed by atoms with E-state index in [0.29, 0.717) is 6.42 Å². The molecule has 3 aromatic rings. The summed E-state index contributed by atoms with van der Waals surface area (Å²) < 4.78 is 0. The quantitative estimate of drug-likeness (QED) is 0.399. The lowest BCUT2D eigenvalue weighted by Crippen LogP contribution is -2.38. The number of amides is 1. The molecule has 208 valence electrons. The Kier molecular flexibility index (Phi) is 8.30. The maximum absolute atomic E-state index is 13.4. The first kappa shape index (κ1) is 26.5. The number of aryl methyl sites for hydroxylation is 1. The van der Waals surface area contributed by atoms with Gasteiger partial charge in [0, 0.05) is 75.7 Å². The van der Waals surface area contributed by atoms with Crippen LogP contribution in [0.5, 0.6) is 0 Å². The molecule has 3 fully saturated rings. The summed E-state index contributed by atoms with van der Waals surface area (Å²) in [4.78, 5) is 33.0. The summed E-state index contributed by atoms with van der Waals surface area (Å²) in [6.07, 6.45) is 10.9. The number of aromatic nitrogens is 2. The van der Waals surface area contributed by atoms with Crippen molar-refractivity contribution in [2.24, 2.45) is 0 Å². The van der Waals surface area contributed by atoms with Crippen LogP contribution in [-0.4, -0.2) is 78.0 Å². The lowest BCUT2D eigenvalue weighted by Gasteiger charge is -2.31. The van der Waals surface area contributed by atoms with Gasteiger partial charge in [0.05, 0.1) is 22.9 Å². The number of nitrogens with zero attached hydrogens (tertiary/aromatic N) is 6. The molecule has 5 heterocycles. The number of carbonyl (C=O) groups is 1. The molecule has 1 unspecified atom stereocenters. The zero-order valence-electron chi connectivity index (χ0n) is 23.4. The molecule has 0 radical (unpaired) electrons. The number of hydrogen-bond acceptors (Lipinski definition) is 7. The Morgan fingerprint density at radius 2 is 1.64 bits per heavy atom. The molecule has 3 aliphatic heterocycles. The van der Waals surface area contributed by atoms with Crippen molar-refractivity contribution in [2.45, 2.75) is 64.3 Å². The number of fused-ring (bicyclic) bond motifs is 1. The van der Waals surface area contributed by atoms with Gasteiger partial charge in [-0.15, -0.1) is 11.3 Å². The second-order valence-corrected chi connectivity index (χ2v) is 12.3. The number of benzene rings is 1. The summed E-state index contributed by atoms with van der Waals surface area (Å²) in [6, 6.07) is 8.59. The molecule has 39 heavy (non-hydrogen) atoms. The van der Waals surface area contributed by atoms with Crippen molar-refractivity contribution in [1.29, 1.82) is 0 Å². The summed E-state index contributed by atoms with van der Waals surface area (Å²) >= 11 is 1.77. The van der Waals surface area contributed by atoms with E-state index < -0.39 is 0 Å². The molecule has 8 heteroatoms. The third-order valence-corrected chi connectivity index (χ3v) is 9.71. The van der Waals surface area contributed by atoms with Crippen LogP contribution in [0, 0.1) is 6.92 Å². The number of carbonyl (C=O) groups excluding carboxylic acids is 1. The lowest BCUT2D eigenvalue weighted by molar-refractivity contribution is -0.131. The van der Waals surface area contributed by atoms with E-state index in [1.54, 1.807) is 11.3 Å². The minimum atomic E-state index is 0.0294. The van der Waals surface area contributed by atoms with Crippen LogP contribution in [0.1, 0.15) is 68.7 Å². The Labute approximate surface area is 236 Å². The predicted molar refractivity (Wildman–Crippen MR) is 161 cm³/mol. The Morgan fingerprint density at radius 3 is 2.46 bits per heavy atom. The predicted octanol–water partition coefficient (Wildman–Crippen LogP) is 5.65. The van der Waals surface area contributed by atoms with E-state index in [-0.39, 0.29) is 11.9 Å². The zero-order chi connectivity index (χ0) is 26.6. The van der Waals surface area contributed by atoms with Gasteiger partial charge in [-0.3, -0.25) is 14.7 Å². The SMILES string of the molecule is Cc1ccc2cccnc2c1N1CCCN(C(CC(=O)N2CCCC2)c2csc(N3CCCCCC3)n2)CC1. The first-order valence-electron chi connectivity index (χ1n) is 15.0. The fraction of sp³-hybridized carbons (Fsp3) is 0.581. The molecule has 0 bridgehead atoms. The number of pyridine rings is 1. The van der Waals surface area contributed by atoms with Gasteiger partial charge in [-0.1, -0.05) is 31.0 Å². The van der Waals surface area contributed by atoms with Gasteiger partial charge < -0.3 is 14.7 Å². The summed E-state index contributed by atoms with van der Waals surface area (Å²) in [7, 11) is 0. The third kappa shape index (κ3) is 5.92. The largest absolute Gasteiger partial charge is 0.368 e. The zero-order valence-corrected chi connectivity index (χ0v) is 24.2. The first-order chi connectivity index (χ1) is 19.2. The van der Waals surface area contributed by atoms with E-state index in [4.69, 9.17) is 9.97 Å². The molecule has 0 saturated carbocycles. The van der Waals surface area contributed by atoms with Gasteiger partial charge in [-0.05, 0) is 50.7 Å². The third-order valence-electron chi connectivity index (χ3n) is 8.79. The highest BCUT2D eigenvalue weighted by Crippen LogP contribution is 2.34. The standard InChI is InChI=1S/C31H42N6OS/c1-24-11-12-25-10-8-13-32-29(25)30(24)36-19-9-18-34(20-21-36)27(22-28(38)35-14-6-7-15-35)26-23-39-31(33-26)37-16-4-2-3-5-17-37/h8,10-13,23,27H,2-7,9,14-22H2,1H3. The van der Waals surface area contributed by atoms with E-state index in [0.717, 1.165) is 88.0 Å². The summed E-state index contributed by atoms with van der Waals surface area (Å²) in [5.74, 6) is 0.289.